The third-order valence-corrected chi connectivity index (χ3v) is 4.64. The Morgan fingerprint density at radius 3 is 1.78 bits per heavy atom. The lowest BCUT2D eigenvalue weighted by molar-refractivity contribution is -0.129. The summed E-state index contributed by atoms with van der Waals surface area (Å²) in [6.07, 6.45) is 18.4. The molecule has 0 fully saturated rings. The van der Waals surface area contributed by atoms with E-state index < -0.39 is 21.1 Å². The van der Waals surface area contributed by atoms with Crippen LogP contribution in [0.4, 0.5) is 0 Å². The number of allylic oxidation sites excluding steroid dienone is 2. The summed E-state index contributed by atoms with van der Waals surface area (Å²) in [7, 11) is -2.59. The molecule has 0 saturated heterocycles. The lowest BCUT2D eigenvalue weighted by Gasteiger charge is -1.99. The molecule has 1 N–H and O–H groups in total. The fourth-order valence-corrected chi connectivity index (χ4v) is 2.89. The van der Waals surface area contributed by atoms with E-state index in [-0.39, 0.29) is 6.42 Å². The SMILES string of the molecule is CCCCCCCCC=CCCCCCCC(C(=O)O)=S(=O)=O. The molecule has 0 aliphatic heterocycles. The van der Waals surface area contributed by atoms with E-state index in [0.717, 1.165) is 25.7 Å². The van der Waals surface area contributed by atoms with Crippen molar-refractivity contribution in [1.82, 2.24) is 0 Å². The number of rotatable bonds is 15. The van der Waals surface area contributed by atoms with Crippen molar-refractivity contribution in [2.24, 2.45) is 0 Å². The summed E-state index contributed by atoms with van der Waals surface area (Å²) in [6.45, 7) is 2.23. The van der Waals surface area contributed by atoms with E-state index >= 15 is 0 Å². The molecule has 0 saturated carbocycles. The van der Waals surface area contributed by atoms with E-state index in [9.17, 15) is 13.2 Å². The fraction of sp³-hybridized carbons (Fsp3) is 0.778. The zero-order valence-corrected chi connectivity index (χ0v) is 15.2. The Bertz CT molecular complexity index is 455. The van der Waals surface area contributed by atoms with Gasteiger partial charge in [-0.25, -0.2) is 4.79 Å². The first-order valence-electron chi connectivity index (χ1n) is 8.93. The first-order chi connectivity index (χ1) is 11.1. The number of aliphatic carboxylic acids is 1. The highest BCUT2D eigenvalue weighted by Gasteiger charge is 2.10. The molecule has 5 heteroatoms. The van der Waals surface area contributed by atoms with Crippen molar-refractivity contribution >= 4 is 21.1 Å². The highest BCUT2D eigenvalue weighted by Crippen LogP contribution is 2.09. The van der Waals surface area contributed by atoms with E-state index in [1.54, 1.807) is 0 Å². The van der Waals surface area contributed by atoms with Crippen molar-refractivity contribution in [1.29, 1.82) is 0 Å². The Kier molecular flexibility index (Phi) is 15.0. The highest BCUT2D eigenvalue weighted by atomic mass is 32.2. The van der Waals surface area contributed by atoms with Gasteiger partial charge < -0.3 is 5.11 Å². The molecule has 0 bridgehead atoms. The number of carbonyl (C=O) groups is 1. The van der Waals surface area contributed by atoms with E-state index in [2.05, 4.69) is 19.1 Å². The molecule has 0 amide bonds. The third-order valence-electron chi connectivity index (χ3n) is 3.86. The second-order valence-corrected chi connectivity index (χ2v) is 6.91. The average Bonchev–Trinajstić information content (AvgIpc) is 2.50. The van der Waals surface area contributed by atoms with Crippen LogP contribution in [0.1, 0.15) is 90.4 Å². The van der Waals surface area contributed by atoms with Gasteiger partial charge in [-0.05, 0) is 38.5 Å². The number of carboxylic acid groups (broad SMARTS) is 1. The monoisotopic (exact) mass is 344 g/mol. The van der Waals surface area contributed by atoms with Gasteiger partial charge in [0.05, 0.1) is 0 Å². The third kappa shape index (κ3) is 14.2. The Balaban J connectivity index is 3.44. The first-order valence-corrected chi connectivity index (χ1v) is 10.0. The summed E-state index contributed by atoms with van der Waals surface area (Å²) in [5.74, 6) is -1.32. The van der Waals surface area contributed by atoms with Gasteiger partial charge in [-0.1, -0.05) is 64.0 Å². The Morgan fingerprint density at radius 1 is 0.826 bits per heavy atom. The summed E-state index contributed by atoms with van der Waals surface area (Å²) in [5, 5.41) is 8.71. The van der Waals surface area contributed by atoms with Crippen LogP contribution in [0.3, 0.4) is 0 Å². The van der Waals surface area contributed by atoms with Crippen LogP contribution in [0.2, 0.25) is 0 Å². The number of hydrogen-bond acceptors (Lipinski definition) is 3. The molecule has 0 heterocycles. The van der Waals surface area contributed by atoms with Gasteiger partial charge in [0.1, 0.15) is 0 Å². The van der Waals surface area contributed by atoms with Gasteiger partial charge in [0, 0.05) is 0 Å². The van der Waals surface area contributed by atoms with Gasteiger partial charge in [0.2, 0.25) is 10.3 Å². The molecule has 0 aromatic heterocycles. The molecule has 0 aliphatic carbocycles. The standard InChI is InChI=1S/C18H32O4S/c1-2-3-4-5-6-7-8-9-10-11-12-13-14-15-16-17(18(19)20)23(21)22/h9-10H,2-8,11-16H2,1H3,(H,19,20). The van der Waals surface area contributed by atoms with Gasteiger partial charge in [-0.2, -0.15) is 8.42 Å². The number of hydrogen-bond donors (Lipinski definition) is 1. The highest BCUT2D eigenvalue weighted by molar-refractivity contribution is 7.74. The zero-order chi connectivity index (χ0) is 17.3. The first kappa shape index (κ1) is 21.9. The van der Waals surface area contributed by atoms with Crippen LogP contribution in [0.5, 0.6) is 0 Å². The molecule has 0 radical (unpaired) electrons. The maximum absolute atomic E-state index is 10.7. The minimum atomic E-state index is -2.59. The predicted molar refractivity (Wildman–Crippen MR) is 96.4 cm³/mol. The molecule has 0 rings (SSSR count). The molecule has 0 aliphatic rings. The van der Waals surface area contributed by atoms with Gasteiger partial charge in [-0.3, -0.25) is 0 Å². The largest absolute Gasteiger partial charge is 0.477 e. The quantitative estimate of drug-likeness (QED) is 0.264. The van der Waals surface area contributed by atoms with Crippen molar-refractivity contribution in [3.05, 3.63) is 12.2 Å². The molecule has 0 unspecified atom stereocenters. The van der Waals surface area contributed by atoms with Crippen molar-refractivity contribution in [3.8, 4) is 0 Å². The topological polar surface area (TPSA) is 71.4 Å². The zero-order valence-electron chi connectivity index (χ0n) is 14.4. The van der Waals surface area contributed by atoms with Gasteiger partial charge in [-0.15, -0.1) is 0 Å². The predicted octanol–water partition coefficient (Wildman–Crippen LogP) is 4.77. The van der Waals surface area contributed by atoms with Gasteiger partial charge in [0.25, 0.3) is 0 Å². The second-order valence-electron chi connectivity index (χ2n) is 5.94. The summed E-state index contributed by atoms with van der Waals surface area (Å²) in [6, 6.07) is 0. The van der Waals surface area contributed by atoms with E-state index in [4.69, 9.17) is 5.11 Å². The van der Waals surface area contributed by atoms with Crippen LogP contribution in [-0.4, -0.2) is 24.4 Å². The van der Waals surface area contributed by atoms with Crippen LogP contribution < -0.4 is 0 Å². The number of carboxylic acids is 1. The molecule has 134 valence electrons. The van der Waals surface area contributed by atoms with Crippen molar-refractivity contribution in [2.75, 3.05) is 0 Å². The minimum absolute atomic E-state index is 0.138. The summed E-state index contributed by atoms with van der Waals surface area (Å²) in [5.41, 5.74) is 0. The molecule has 23 heavy (non-hydrogen) atoms. The molecule has 0 atom stereocenters. The molecular formula is C18H32O4S. The number of unbranched alkanes of at least 4 members (excludes halogenated alkanes) is 10. The second kappa shape index (κ2) is 15.8. The molecule has 0 aromatic carbocycles. The van der Waals surface area contributed by atoms with Crippen molar-refractivity contribution < 1.29 is 18.3 Å². The lowest BCUT2D eigenvalue weighted by Crippen LogP contribution is -2.13. The fourth-order valence-electron chi connectivity index (χ4n) is 2.44. The Hall–Kier alpha value is -1.10. The smallest absolute Gasteiger partial charge is 0.347 e. The molecular weight excluding hydrogens is 312 g/mol. The maximum atomic E-state index is 10.7. The van der Waals surface area contributed by atoms with E-state index in [1.165, 1.54) is 44.9 Å². The summed E-state index contributed by atoms with van der Waals surface area (Å²) < 4.78 is 21.4. The van der Waals surface area contributed by atoms with Crippen LogP contribution in [0.15, 0.2) is 12.2 Å². The Labute approximate surface area is 142 Å². The lowest BCUT2D eigenvalue weighted by atomic mass is 10.1. The van der Waals surface area contributed by atoms with Gasteiger partial charge >= 0.3 is 5.97 Å². The van der Waals surface area contributed by atoms with Crippen molar-refractivity contribution in [2.45, 2.75) is 90.4 Å². The van der Waals surface area contributed by atoms with E-state index in [1.807, 2.05) is 0 Å². The average molecular weight is 345 g/mol. The van der Waals surface area contributed by atoms with Crippen LogP contribution >= 0.6 is 0 Å². The van der Waals surface area contributed by atoms with Crippen LogP contribution in [0, 0.1) is 0 Å². The van der Waals surface area contributed by atoms with Crippen LogP contribution in [-0.2, 0) is 15.1 Å². The molecule has 4 nitrogen and oxygen atoms in total. The van der Waals surface area contributed by atoms with Crippen molar-refractivity contribution in [3.63, 3.8) is 0 Å². The maximum Gasteiger partial charge on any atom is 0.347 e. The van der Waals surface area contributed by atoms with Gasteiger partial charge in [0.15, 0.2) is 4.86 Å². The molecule has 0 spiro atoms. The normalized spacial score (nSPS) is 11.0. The van der Waals surface area contributed by atoms with E-state index in [0.29, 0.717) is 6.42 Å². The minimum Gasteiger partial charge on any atom is -0.477 e. The molecule has 0 aromatic rings. The Morgan fingerprint density at radius 2 is 1.30 bits per heavy atom. The van der Waals surface area contributed by atoms with Crippen LogP contribution in [0.25, 0.3) is 0 Å². The summed E-state index contributed by atoms with van der Waals surface area (Å²) in [4.78, 5) is 10.3. The summed E-state index contributed by atoms with van der Waals surface area (Å²) >= 11 is 0.